The fraction of sp³-hybridized carbons (Fsp3) is 0.684. The Labute approximate surface area is 168 Å². The lowest BCUT2D eigenvalue weighted by molar-refractivity contribution is 0.114. The minimum Gasteiger partial charge on any atom is -0.392 e. The average Bonchev–Trinajstić information content (AvgIpc) is 2.60. The van der Waals surface area contributed by atoms with Crippen molar-refractivity contribution >= 4 is 10.1 Å². The third-order valence-corrected chi connectivity index (χ3v) is 5.24. The van der Waals surface area contributed by atoms with Crippen molar-refractivity contribution in [2.24, 2.45) is 0 Å². The third-order valence-electron chi connectivity index (χ3n) is 4.37. The van der Waals surface area contributed by atoms with Crippen LogP contribution in [0.15, 0.2) is 29.2 Å². The van der Waals surface area contributed by atoms with Crippen LogP contribution in [0.4, 0.5) is 0 Å². The van der Waals surface area contributed by atoms with Crippen molar-refractivity contribution in [3.05, 3.63) is 29.8 Å². The van der Waals surface area contributed by atoms with Gasteiger partial charge in [0.15, 0.2) is 0 Å². The van der Waals surface area contributed by atoms with Crippen LogP contribution in [0, 0.1) is 0 Å². The summed E-state index contributed by atoms with van der Waals surface area (Å²) in [7, 11) is -4.17. The van der Waals surface area contributed by atoms with Crippen LogP contribution in [0.25, 0.3) is 0 Å². The summed E-state index contributed by atoms with van der Waals surface area (Å²) in [6.07, 6.45) is -0.798. The van der Waals surface area contributed by atoms with Crippen LogP contribution >= 0.6 is 0 Å². The first kappa shape index (κ1) is 25.0. The molecule has 0 unspecified atom stereocenters. The molecule has 1 rings (SSSR count). The largest absolute Gasteiger partial charge is 0.392 e. The molecule has 28 heavy (non-hydrogen) atoms. The van der Waals surface area contributed by atoms with Crippen molar-refractivity contribution in [1.82, 2.24) is 15.1 Å². The molecule has 8 nitrogen and oxygen atoms in total. The van der Waals surface area contributed by atoms with Crippen LogP contribution in [0.2, 0.25) is 0 Å². The van der Waals surface area contributed by atoms with Gasteiger partial charge in [-0.05, 0) is 38.1 Å². The van der Waals surface area contributed by atoms with Crippen molar-refractivity contribution in [3.63, 3.8) is 0 Å². The highest BCUT2D eigenvalue weighted by Gasteiger charge is 2.12. The highest BCUT2D eigenvalue weighted by molar-refractivity contribution is 7.85. The van der Waals surface area contributed by atoms with Gasteiger partial charge in [0.2, 0.25) is 0 Å². The van der Waals surface area contributed by atoms with Gasteiger partial charge in [-0.15, -0.1) is 0 Å². The molecule has 0 aromatic heterocycles. The van der Waals surface area contributed by atoms with E-state index in [-0.39, 0.29) is 11.0 Å². The molecule has 0 heterocycles. The third kappa shape index (κ3) is 10.5. The van der Waals surface area contributed by atoms with Crippen molar-refractivity contribution < 1.29 is 23.2 Å². The first-order valence-electron chi connectivity index (χ1n) is 9.69. The molecule has 0 saturated carbocycles. The topological polar surface area (TPSA) is 113 Å². The monoisotopic (exact) mass is 417 g/mol. The molecule has 0 radical (unpaired) electrons. The number of aliphatic hydroxyl groups is 2. The van der Waals surface area contributed by atoms with E-state index < -0.39 is 16.2 Å². The van der Waals surface area contributed by atoms with Gasteiger partial charge in [-0.1, -0.05) is 19.1 Å². The Bertz CT molecular complexity index is 650. The molecule has 4 N–H and O–H groups in total. The van der Waals surface area contributed by atoms with Gasteiger partial charge < -0.3 is 15.5 Å². The second kappa shape index (κ2) is 12.5. The summed E-state index contributed by atoms with van der Waals surface area (Å²) in [5.74, 6) is 0. The van der Waals surface area contributed by atoms with Gasteiger partial charge >= 0.3 is 0 Å². The molecule has 0 saturated heterocycles. The Morgan fingerprint density at radius 2 is 1.61 bits per heavy atom. The number of hydrogen-bond donors (Lipinski definition) is 4. The fourth-order valence-corrected chi connectivity index (χ4v) is 3.35. The van der Waals surface area contributed by atoms with Crippen LogP contribution < -0.4 is 5.32 Å². The van der Waals surface area contributed by atoms with E-state index in [4.69, 9.17) is 4.55 Å². The molecular weight excluding hydrogens is 382 g/mol. The number of aliphatic hydroxyl groups excluding tert-OH is 2. The summed E-state index contributed by atoms with van der Waals surface area (Å²) in [6.45, 7) is 11.3. The number of nitrogens with one attached hydrogen (secondary N) is 1. The van der Waals surface area contributed by atoms with Crippen LogP contribution in [0.3, 0.4) is 0 Å². The Hall–Kier alpha value is -1.07. The Morgan fingerprint density at radius 3 is 2.11 bits per heavy atom. The molecule has 0 aliphatic carbocycles. The van der Waals surface area contributed by atoms with Crippen molar-refractivity contribution in [3.8, 4) is 0 Å². The van der Waals surface area contributed by atoms with Crippen molar-refractivity contribution in [2.75, 3.05) is 45.8 Å². The quantitative estimate of drug-likeness (QED) is 0.254. The second-order valence-corrected chi connectivity index (χ2v) is 8.61. The molecule has 0 spiro atoms. The zero-order chi connectivity index (χ0) is 21.2. The molecule has 2 atom stereocenters. The van der Waals surface area contributed by atoms with E-state index in [0.717, 1.165) is 38.3 Å². The normalized spacial score (nSPS) is 14.6. The summed E-state index contributed by atoms with van der Waals surface area (Å²) < 4.78 is 31.3. The molecule has 1 aromatic rings. The fourth-order valence-electron chi connectivity index (χ4n) is 2.87. The van der Waals surface area contributed by atoms with E-state index in [1.54, 1.807) is 26.0 Å². The maximum Gasteiger partial charge on any atom is 0.294 e. The molecule has 0 aliphatic rings. The first-order valence-corrected chi connectivity index (χ1v) is 11.1. The summed E-state index contributed by atoms with van der Waals surface area (Å²) in [5.41, 5.74) is 0.968. The number of hydrogen-bond acceptors (Lipinski definition) is 7. The summed E-state index contributed by atoms with van der Waals surface area (Å²) in [4.78, 5) is 4.32. The van der Waals surface area contributed by atoms with Crippen LogP contribution in [-0.4, -0.2) is 91.0 Å². The maximum atomic E-state index is 11.1. The summed E-state index contributed by atoms with van der Waals surface area (Å²) >= 11 is 0. The van der Waals surface area contributed by atoms with Crippen molar-refractivity contribution in [1.29, 1.82) is 0 Å². The minimum atomic E-state index is -4.17. The number of benzene rings is 1. The number of nitrogens with zero attached hydrogens (tertiary/aromatic N) is 2. The molecule has 0 amide bonds. The Kier molecular flexibility index (Phi) is 11.1. The smallest absolute Gasteiger partial charge is 0.294 e. The zero-order valence-corrected chi connectivity index (χ0v) is 17.9. The SMILES string of the molecule is CCN(CCN(CCNC[C@H](C)O)C[C@H](C)O)Cc1ccc(S(=O)(=O)O)cc1. The van der Waals surface area contributed by atoms with Gasteiger partial charge in [0.05, 0.1) is 17.1 Å². The lowest BCUT2D eigenvalue weighted by atomic mass is 10.2. The van der Waals surface area contributed by atoms with Gasteiger partial charge in [0.1, 0.15) is 0 Å². The van der Waals surface area contributed by atoms with Gasteiger partial charge in [-0.3, -0.25) is 14.4 Å². The van der Waals surface area contributed by atoms with Gasteiger partial charge in [-0.25, -0.2) is 0 Å². The number of rotatable bonds is 14. The van der Waals surface area contributed by atoms with E-state index in [2.05, 4.69) is 22.0 Å². The van der Waals surface area contributed by atoms with E-state index in [0.29, 0.717) is 19.6 Å². The van der Waals surface area contributed by atoms with Gasteiger partial charge in [-0.2, -0.15) is 8.42 Å². The molecular formula is C19H35N3O5S. The van der Waals surface area contributed by atoms with E-state index in [1.807, 2.05) is 0 Å². The minimum absolute atomic E-state index is 0.105. The van der Waals surface area contributed by atoms with E-state index >= 15 is 0 Å². The average molecular weight is 418 g/mol. The molecule has 0 fully saturated rings. The van der Waals surface area contributed by atoms with Gasteiger partial charge in [0.25, 0.3) is 10.1 Å². The van der Waals surface area contributed by atoms with Crippen molar-refractivity contribution in [2.45, 2.75) is 44.4 Å². The van der Waals surface area contributed by atoms with Crippen LogP contribution in [-0.2, 0) is 16.7 Å². The lowest BCUT2D eigenvalue weighted by Crippen LogP contribution is -2.42. The highest BCUT2D eigenvalue weighted by Crippen LogP contribution is 2.12. The molecule has 162 valence electrons. The molecule has 9 heteroatoms. The predicted molar refractivity (Wildman–Crippen MR) is 110 cm³/mol. The molecule has 0 aliphatic heterocycles. The maximum absolute atomic E-state index is 11.1. The first-order chi connectivity index (χ1) is 13.1. The van der Waals surface area contributed by atoms with E-state index in [9.17, 15) is 18.6 Å². The standard InChI is InChI=1S/C19H35N3O5S/c1-4-21(15-18-5-7-19(8-6-18)28(25,26)27)11-12-22(14-17(3)24)10-9-20-13-16(2)23/h5-8,16-17,20,23-24H,4,9-15H2,1-3H3,(H,25,26,27)/t16-,17-/m0/s1. The summed E-state index contributed by atoms with van der Waals surface area (Å²) in [5, 5.41) is 22.2. The number of likely N-dealkylation sites (N-methyl/N-ethyl adjacent to an activating group) is 1. The molecule has 0 bridgehead atoms. The van der Waals surface area contributed by atoms with Crippen LogP contribution in [0.5, 0.6) is 0 Å². The Balaban J connectivity index is 2.55. The zero-order valence-electron chi connectivity index (χ0n) is 17.1. The highest BCUT2D eigenvalue weighted by atomic mass is 32.2. The molecule has 1 aromatic carbocycles. The van der Waals surface area contributed by atoms with E-state index in [1.165, 1.54) is 12.1 Å². The Morgan fingerprint density at radius 1 is 1.00 bits per heavy atom. The summed E-state index contributed by atoms with van der Waals surface area (Å²) in [6, 6.07) is 6.23. The second-order valence-electron chi connectivity index (χ2n) is 7.19. The predicted octanol–water partition coefficient (Wildman–Crippen LogP) is 0.408. The lowest BCUT2D eigenvalue weighted by Gasteiger charge is -2.28. The van der Waals surface area contributed by atoms with Gasteiger partial charge in [0, 0.05) is 45.8 Å². The van der Waals surface area contributed by atoms with Crippen LogP contribution in [0.1, 0.15) is 26.3 Å².